The van der Waals surface area contributed by atoms with Crippen LogP contribution in [0.4, 0.5) is 26.3 Å². The fourth-order valence-electron chi connectivity index (χ4n) is 3.35. The van der Waals surface area contributed by atoms with Crippen molar-refractivity contribution in [1.82, 2.24) is 15.3 Å². The normalized spacial score (nSPS) is 22.6. The van der Waals surface area contributed by atoms with Gasteiger partial charge in [0.25, 0.3) is 0 Å². The largest absolute Gasteiger partial charge is 0.451 e. The molecule has 11 heteroatoms. The maximum Gasteiger partial charge on any atom is 0.451 e. The smallest absolute Gasteiger partial charge is 0.369 e. The molecule has 3 rings (SSSR count). The molecule has 3 N–H and O–H groups in total. The minimum Gasteiger partial charge on any atom is -0.369 e. The van der Waals surface area contributed by atoms with Crippen LogP contribution in [0, 0.1) is 0 Å². The number of rotatable bonds is 3. The van der Waals surface area contributed by atoms with Crippen molar-refractivity contribution in [3.63, 3.8) is 0 Å². The second kappa shape index (κ2) is 7.04. The van der Waals surface area contributed by atoms with Crippen molar-refractivity contribution in [2.45, 2.75) is 36.8 Å². The number of primary amides is 1. The number of hydrogen-bond donors (Lipinski definition) is 2. The molecule has 0 radical (unpaired) electrons. The Balaban J connectivity index is 2.05. The fourth-order valence-corrected chi connectivity index (χ4v) is 3.35. The standard InChI is InChI=1S/C17H14F6N4O/c18-16(19,20)5-11-9-3-1-2-4-10(9)12(14(24)28)13(27-11)8-6-25-15(26-7-8)17(21,22)23/h1-4,6-7,11-13,27H,5H2,(H2,24,28). The maximum atomic E-state index is 13.0. The molecule has 0 saturated carbocycles. The van der Waals surface area contributed by atoms with E-state index in [0.717, 1.165) is 12.4 Å². The number of alkyl halides is 6. The highest BCUT2D eigenvalue weighted by Crippen LogP contribution is 2.44. The highest BCUT2D eigenvalue weighted by Gasteiger charge is 2.43. The Hall–Kier alpha value is -2.69. The number of benzene rings is 1. The first kappa shape index (κ1) is 20.1. The van der Waals surface area contributed by atoms with Crippen LogP contribution in [0.25, 0.3) is 0 Å². The Morgan fingerprint density at radius 2 is 1.61 bits per heavy atom. The van der Waals surface area contributed by atoms with E-state index >= 15 is 0 Å². The van der Waals surface area contributed by atoms with E-state index < -0.39 is 48.5 Å². The van der Waals surface area contributed by atoms with E-state index in [4.69, 9.17) is 5.73 Å². The van der Waals surface area contributed by atoms with Crippen LogP contribution in [0.1, 0.15) is 46.9 Å². The zero-order chi connectivity index (χ0) is 20.7. The van der Waals surface area contributed by atoms with E-state index in [2.05, 4.69) is 15.3 Å². The molecule has 5 nitrogen and oxygen atoms in total. The molecule has 2 aromatic rings. The molecular weight excluding hydrogens is 390 g/mol. The molecule has 1 amide bonds. The van der Waals surface area contributed by atoms with E-state index in [1.54, 1.807) is 6.07 Å². The summed E-state index contributed by atoms with van der Waals surface area (Å²) in [6.45, 7) is 0. The maximum absolute atomic E-state index is 13.0. The molecule has 0 spiro atoms. The van der Waals surface area contributed by atoms with Gasteiger partial charge in [0.15, 0.2) is 0 Å². The van der Waals surface area contributed by atoms with E-state index in [1.165, 1.54) is 18.2 Å². The Labute approximate surface area is 155 Å². The molecule has 0 bridgehead atoms. The number of nitrogens with one attached hydrogen (secondary N) is 1. The van der Waals surface area contributed by atoms with Crippen LogP contribution in [0.3, 0.4) is 0 Å². The Kier molecular flexibility index (Phi) is 5.04. The molecule has 0 aliphatic carbocycles. The molecular formula is C17H14F6N4O. The minimum absolute atomic E-state index is 0.0264. The third-order valence-corrected chi connectivity index (χ3v) is 4.45. The summed E-state index contributed by atoms with van der Waals surface area (Å²) in [5.41, 5.74) is 6.03. The number of halogens is 6. The number of hydrogen-bond acceptors (Lipinski definition) is 4. The van der Waals surface area contributed by atoms with Gasteiger partial charge in [-0.25, -0.2) is 9.97 Å². The van der Waals surface area contributed by atoms with Gasteiger partial charge < -0.3 is 11.1 Å². The van der Waals surface area contributed by atoms with Crippen molar-refractivity contribution in [2.75, 3.05) is 0 Å². The molecule has 2 heterocycles. The fraction of sp³-hybridized carbons (Fsp3) is 0.353. The zero-order valence-electron chi connectivity index (χ0n) is 14.1. The first-order valence-electron chi connectivity index (χ1n) is 8.07. The number of nitrogens with zero attached hydrogens (tertiary/aromatic N) is 2. The average Bonchev–Trinajstić information content (AvgIpc) is 2.59. The number of carbonyl (C=O) groups excluding carboxylic acids is 1. The van der Waals surface area contributed by atoms with E-state index in [1.807, 2.05) is 0 Å². The molecule has 28 heavy (non-hydrogen) atoms. The molecule has 0 saturated heterocycles. The quantitative estimate of drug-likeness (QED) is 0.769. The van der Waals surface area contributed by atoms with Gasteiger partial charge in [0.05, 0.1) is 18.4 Å². The summed E-state index contributed by atoms with van der Waals surface area (Å²) in [7, 11) is 0. The summed E-state index contributed by atoms with van der Waals surface area (Å²) in [5, 5.41) is 2.69. The van der Waals surface area contributed by atoms with Crippen molar-refractivity contribution in [3.8, 4) is 0 Å². The predicted octanol–water partition coefficient (Wildman–Crippen LogP) is 3.40. The van der Waals surface area contributed by atoms with Crippen LogP contribution in [0.5, 0.6) is 0 Å². The molecule has 1 aliphatic rings. The van der Waals surface area contributed by atoms with Crippen molar-refractivity contribution in [1.29, 1.82) is 0 Å². The highest BCUT2D eigenvalue weighted by molar-refractivity contribution is 5.84. The summed E-state index contributed by atoms with van der Waals surface area (Å²) in [6.07, 6.45) is -8.84. The molecule has 3 atom stereocenters. The Morgan fingerprint density at radius 1 is 1.04 bits per heavy atom. The van der Waals surface area contributed by atoms with Gasteiger partial charge in [-0.3, -0.25) is 4.79 Å². The van der Waals surface area contributed by atoms with Gasteiger partial charge in [0, 0.05) is 24.0 Å². The molecule has 0 fully saturated rings. The van der Waals surface area contributed by atoms with Gasteiger partial charge >= 0.3 is 12.4 Å². The van der Waals surface area contributed by atoms with Gasteiger partial charge in [0.1, 0.15) is 0 Å². The third-order valence-electron chi connectivity index (χ3n) is 4.45. The van der Waals surface area contributed by atoms with Crippen LogP contribution in [-0.4, -0.2) is 22.1 Å². The number of amides is 1. The third kappa shape index (κ3) is 4.08. The number of aromatic nitrogens is 2. The van der Waals surface area contributed by atoms with Crippen molar-refractivity contribution in [3.05, 3.63) is 59.2 Å². The minimum atomic E-state index is -4.77. The van der Waals surface area contributed by atoms with E-state index in [-0.39, 0.29) is 16.7 Å². The number of carbonyl (C=O) groups is 1. The summed E-state index contributed by atoms with van der Waals surface area (Å²) in [5.74, 6) is -3.33. The van der Waals surface area contributed by atoms with Crippen LogP contribution in [0.2, 0.25) is 0 Å². The number of fused-ring (bicyclic) bond motifs is 1. The summed E-state index contributed by atoms with van der Waals surface area (Å²) in [4.78, 5) is 18.5. The summed E-state index contributed by atoms with van der Waals surface area (Å²) in [6, 6.07) is 3.69. The van der Waals surface area contributed by atoms with E-state index in [9.17, 15) is 31.1 Å². The molecule has 3 unspecified atom stereocenters. The van der Waals surface area contributed by atoms with Gasteiger partial charge in [-0.1, -0.05) is 24.3 Å². The van der Waals surface area contributed by atoms with Crippen LogP contribution in [-0.2, 0) is 11.0 Å². The van der Waals surface area contributed by atoms with Gasteiger partial charge in [-0.15, -0.1) is 0 Å². The average molecular weight is 404 g/mol. The van der Waals surface area contributed by atoms with Gasteiger partial charge in [-0.05, 0) is 11.1 Å². The SMILES string of the molecule is NC(=O)C1c2ccccc2C(CC(F)(F)F)NC1c1cnc(C(F)(F)F)nc1. The van der Waals surface area contributed by atoms with Crippen LogP contribution >= 0.6 is 0 Å². The van der Waals surface area contributed by atoms with Gasteiger partial charge in [-0.2, -0.15) is 26.3 Å². The van der Waals surface area contributed by atoms with Crippen molar-refractivity contribution < 1.29 is 31.1 Å². The second-order valence-corrected chi connectivity index (χ2v) is 6.36. The van der Waals surface area contributed by atoms with Crippen molar-refractivity contribution in [2.24, 2.45) is 5.73 Å². The molecule has 1 aromatic heterocycles. The molecule has 1 aromatic carbocycles. The summed E-state index contributed by atoms with van der Waals surface area (Å²) < 4.78 is 77.1. The highest BCUT2D eigenvalue weighted by atomic mass is 19.4. The molecule has 150 valence electrons. The van der Waals surface area contributed by atoms with Crippen LogP contribution < -0.4 is 11.1 Å². The lowest BCUT2D eigenvalue weighted by atomic mass is 9.78. The predicted molar refractivity (Wildman–Crippen MR) is 84.7 cm³/mol. The second-order valence-electron chi connectivity index (χ2n) is 6.36. The topological polar surface area (TPSA) is 80.9 Å². The first-order chi connectivity index (χ1) is 13.0. The number of nitrogens with two attached hydrogens (primary N) is 1. The monoisotopic (exact) mass is 404 g/mol. The van der Waals surface area contributed by atoms with Crippen LogP contribution in [0.15, 0.2) is 36.7 Å². The zero-order valence-corrected chi connectivity index (χ0v) is 14.1. The lowest BCUT2D eigenvalue weighted by molar-refractivity contribution is -0.145. The summed E-state index contributed by atoms with van der Waals surface area (Å²) >= 11 is 0. The first-order valence-corrected chi connectivity index (χ1v) is 8.07. The lowest BCUT2D eigenvalue weighted by Crippen LogP contribution is -2.43. The Morgan fingerprint density at radius 3 is 2.11 bits per heavy atom. The van der Waals surface area contributed by atoms with E-state index in [0.29, 0.717) is 0 Å². The molecule has 1 aliphatic heterocycles. The Bertz CT molecular complexity index is 865. The lowest BCUT2D eigenvalue weighted by Gasteiger charge is -2.38. The van der Waals surface area contributed by atoms with Gasteiger partial charge in [0.2, 0.25) is 11.7 Å². The van der Waals surface area contributed by atoms with Crippen molar-refractivity contribution >= 4 is 5.91 Å².